The van der Waals surface area contributed by atoms with Crippen molar-refractivity contribution in [1.29, 1.82) is 0 Å². The first-order valence-corrected chi connectivity index (χ1v) is 9.26. The van der Waals surface area contributed by atoms with E-state index < -0.39 is 12.1 Å². The second-order valence-electron chi connectivity index (χ2n) is 7.10. The van der Waals surface area contributed by atoms with Crippen molar-refractivity contribution in [2.45, 2.75) is 31.0 Å². The van der Waals surface area contributed by atoms with Gasteiger partial charge in [-0.2, -0.15) is 0 Å². The van der Waals surface area contributed by atoms with Crippen LogP contribution in [0.25, 0.3) is 0 Å². The zero-order chi connectivity index (χ0) is 19.4. The summed E-state index contributed by atoms with van der Waals surface area (Å²) < 4.78 is 18.9. The number of ether oxygens (including phenoxy) is 1. The normalized spacial score (nSPS) is 24.7. The van der Waals surface area contributed by atoms with E-state index in [1.807, 2.05) is 6.08 Å². The first kappa shape index (κ1) is 19.5. The molecule has 7 heteroatoms. The molecule has 2 aliphatic rings. The average Bonchev–Trinajstić information content (AvgIpc) is 2.66. The molecule has 0 aliphatic carbocycles. The van der Waals surface area contributed by atoms with Crippen LogP contribution in [0.2, 0.25) is 0 Å². The number of hydrogen-bond acceptors (Lipinski definition) is 4. The summed E-state index contributed by atoms with van der Waals surface area (Å²) in [5.41, 5.74) is 0.674. The van der Waals surface area contributed by atoms with E-state index in [0.29, 0.717) is 5.56 Å². The van der Waals surface area contributed by atoms with Crippen molar-refractivity contribution >= 4 is 11.8 Å². The lowest BCUT2D eigenvalue weighted by Crippen LogP contribution is -2.55. The molecule has 2 fully saturated rings. The van der Waals surface area contributed by atoms with Gasteiger partial charge in [0.1, 0.15) is 12.4 Å². The number of morpholine rings is 1. The first-order chi connectivity index (χ1) is 13.0. The SMILES string of the molecule is C=CCN1CCC(NC(=O)[C@H]2OCC(=O)N(C)[C@H]2c2ccc(F)cc2)CC1. The monoisotopic (exact) mass is 375 g/mol. The molecule has 2 saturated heterocycles. The van der Waals surface area contributed by atoms with Crippen molar-refractivity contribution < 1.29 is 18.7 Å². The third kappa shape index (κ3) is 4.54. The minimum Gasteiger partial charge on any atom is -0.356 e. The Balaban J connectivity index is 1.69. The van der Waals surface area contributed by atoms with Gasteiger partial charge in [0.05, 0.1) is 6.04 Å². The molecule has 3 rings (SSSR count). The highest BCUT2D eigenvalue weighted by atomic mass is 19.1. The van der Waals surface area contributed by atoms with Gasteiger partial charge in [-0.3, -0.25) is 14.5 Å². The Morgan fingerprint density at radius 3 is 2.63 bits per heavy atom. The fraction of sp³-hybridized carbons (Fsp3) is 0.500. The number of piperidine rings is 1. The van der Waals surface area contributed by atoms with Crippen LogP contribution in [0.15, 0.2) is 36.9 Å². The summed E-state index contributed by atoms with van der Waals surface area (Å²) in [6.45, 7) is 6.28. The molecule has 2 amide bonds. The minimum absolute atomic E-state index is 0.0824. The lowest BCUT2D eigenvalue weighted by molar-refractivity contribution is -0.162. The predicted octanol–water partition coefficient (Wildman–Crippen LogP) is 1.49. The highest BCUT2D eigenvalue weighted by Gasteiger charge is 2.40. The van der Waals surface area contributed by atoms with E-state index in [-0.39, 0.29) is 30.3 Å². The topological polar surface area (TPSA) is 61.9 Å². The van der Waals surface area contributed by atoms with Gasteiger partial charge in [0.25, 0.3) is 5.91 Å². The summed E-state index contributed by atoms with van der Waals surface area (Å²) >= 11 is 0. The Bertz CT molecular complexity index is 686. The van der Waals surface area contributed by atoms with Crippen molar-refractivity contribution in [3.63, 3.8) is 0 Å². The maximum absolute atomic E-state index is 13.3. The van der Waals surface area contributed by atoms with Crippen molar-refractivity contribution in [3.8, 4) is 0 Å². The van der Waals surface area contributed by atoms with Crippen LogP contribution in [0.4, 0.5) is 4.39 Å². The van der Waals surface area contributed by atoms with E-state index in [2.05, 4.69) is 16.8 Å². The summed E-state index contributed by atoms with van der Waals surface area (Å²) in [6.07, 6.45) is 2.80. The zero-order valence-corrected chi connectivity index (χ0v) is 15.6. The van der Waals surface area contributed by atoms with E-state index in [1.165, 1.54) is 17.0 Å². The van der Waals surface area contributed by atoms with Crippen LogP contribution in [0.1, 0.15) is 24.4 Å². The van der Waals surface area contributed by atoms with Crippen molar-refractivity contribution in [2.75, 3.05) is 33.3 Å². The number of carbonyl (C=O) groups excluding carboxylic acids is 2. The second kappa shape index (κ2) is 8.63. The van der Waals surface area contributed by atoms with Gasteiger partial charge >= 0.3 is 0 Å². The third-order valence-corrected chi connectivity index (χ3v) is 5.27. The second-order valence-corrected chi connectivity index (χ2v) is 7.10. The number of benzene rings is 1. The lowest BCUT2D eigenvalue weighted by Gasteiger charge is -2.39. The number of hydrogen-bond donors (Lipinski definition) is 1. The van der Waals surface area contributed by atoms with Gasteiger partial charge in [0, 0.05) is 32.7 Å². The number of amides is 2. The fourth-order valence-corrected chi connectivity index (χ4v) is 3.72. The summed E-state index contributed by atoms with van der Waals surface area (Å²) in [4.78, 5) is 28.8. The van der Waals surface area contributed by atoms with Crippen LogP contribution in [0.3, 0.4) is 0 Å². The summed E-state index contributed by atoms with van der Waals surface area (Å²) in [5.74, 6) is -0.798. The zero-order valence-electron chi connectivity index (χ0n) is 15.6. The van der Waals surface area contributed by atoms with Gasteiger partial charge in [-0.25, -0.2) is 4.39 Å². The largest absolute Gasteiger partial charge is 0.356 e. The highest BCUT2D eigenvalue weighted by molar-refractivity contribution is 5.86. The number of halogens is 1. The molecule has 0 spiro atoms. The maximum Gasteiger partial charge on any atom is 0.251 e. The average molecular weight is 375 g/mol. The first-order valence-electron chi connectivity index (χ1n) is 9.26. The summed E-state index contributed by atoms with van der Waals surface area (Å²) in [7, 11) is 1.65. The standard InChI is InChI=1S/C20H26FN3O3/c1-3-10-24-11-8-16(9-12-24)22-20(26)19-18(23(2)17(25)13-27-19)14-4-6-15(21)7-5-14/h3-7,16,18-19H,1,8-13H2,2H3,(H,22,26)/t18-,19-/m0/s1. The Hall–Kier alpha value is -2.25. The lowest BCUT2D eigenvalue weighted by atomic mass is 9.96. The molecule has 2 atom stereocenters. The molecule has 6 nitrogen and oxygen atoms in total. The smallest absolute Gasteiger partial charge is 0.251 e. The Kier molecular flexibility index (Phi) is 6.23. The van der Waals surface area contributed by atoms with Crippen LogP contribution in [0.5, 0.6) is 0 Å². The highest BCUT2D eigenvalue weighted by Crippen LogP contribution is 2.29. The molecule has 1 N–H and O–H groups in total. The summed E-state index contributed by atoms with van der Waals surface area (Å²) in [5, 5.41) is 3.07. The van der Waals surface area contributed by atoms with Gasteiger partial charge in [-0.15, -0.1) is 6.58 Å². The van der Waals surface area contributed by atoms with Crippen molar-refractivity contribution in [3.05, 3.63) is 48.3 Å². The van der Waals surface area contributed by atoms with Gasteiger partial charge in [-0.1, -0.05) is 18.2 Å². The molecule has 1 aromatic rings. The predicted molar refractivity (Wildman–Crippen MR) is 99.5 cm³/mol. The van der Waals surface area contributed by atoms with Crippen molar-refractivity contribution in [1.82, 2.24) is 15.1 Å². The van der Waals surface area contributed by atoms with Gasteiger partial charge in [0.15, 0.2) is 6.10 Å². The minimum atomic E-state index is -0.815. The van der Waals surface area contributed by atoms with E-state index >= 15 is 0 Å². The molecular formula is C20H26FN3O3. The van der Waals surface area contributed by atoms with Crippen LogP contribution in [-0.2, 0) is 14.3 Å². The van der Waals surface area contributed by atoms with Crippen LogP contribution in [0, 0.1) is 5.82 Å². The fourth-order valence-electron chi connectivity index (χ4n) is 3.72. The van der Waals surface area contributed by atoms with Crippen LogP contribution in [-0.4, -0.2) is 67.0 Å². The Morgan fingerprint density at radius 1 is 1.33 bits per heavy atom. The number of nitrogens with zero attached hydrogens (tertiary/aromatic N) is 2. The van der Waals surface area contributed by atoms with E-state index in [0.717, 1.165) is 32.5 Å². The van der Waals surface area contributed by atoms with Crippen LogP contribution < -0.4 is 5.32 Å². The number of nitrogens with one attached hydrogen (secondary N) is 1. The molecule has 0 saturated carbocycles. The molecule has 1 aromatic carbocycles. The molecular weight excluding hydrogens is 349 g/mol. The van der Waals surface area contributed by atoms with Crippen LogP contribution >= 0.6 is 0 Å². The Morgan fingerprint density at radius 2 is 2.00 bits per heavy atom. The maximum atomic E-state index is 13.3. The molecule has 2 aliphatic heterocycles. The molecule has 0 unspecified atom stereocenters. The van der Waals surface area contributed by atoms with E-state index in [1.54, 1.807) is 19.2 Å². The number of rotatable bonds is 5. The van der Waals surface area contributed by atoms with E-state index in [9.17, 15) is 14.0 Å². The molecule has 2 heterocycles. The van der Waals surface area contributed by atoms with Gasteiger partial charge < -0.3 is 15.0 Å². The Labute approximate surface area is 159 Å². The summed E-state index contributed by atoms with van der Waals surface area (Å²) in [6, 6.07) is 5.34. The molecule has 0 bridgehead atoms. The number of likely N-dealkylation sites (N-methyl/N-ethyl adjacent to an activating group) is 1. The molecule has 0 radical (unpaired) electrons. The number of likely N-dealkylation sites (tertiary alicyclic amines) is 1. The van der Waals surface area contributed by atoms with E-state index in [4.69, 9.17) is 4.74 Å². The van der Waals surface area contributed by atoms with Gasteiger partial charge in [0.2, 0.25) is 5.91 Å². The van der Waals surface area contributed by atoms with Crippen molar-refractivity contribution in [2.24, 2.45) is 0 Å². The molecule has 0 aromatic heterocycles. The third-order valence-electron chi connectivity index (χ3n) is 5.27. The molecule has 146 valence electrons. The number of carbonyl (C=O) groups is 2. The molecule has 27 heavy (non-hydrogen) atoms. The van der Waals surface area contributed by atoms with Gasteiger partial charge in [-0.05, 0) is 30.5 Å². The quantitative estimate of drug-likeness (QED) is 0.792.